The Morgan fingerprint density at radius 2 is 2.14 bits per heavy atom. The summed E-state index contributed by atoms with van der Waals surface area (Å²) in [4.78, 5) is 26.5. The number of carbonyl (C=O) groups excluding carboxylic acids is 1. The van der Waals surface area contributed by atoms with Gasteiger partial charge in [-0.1, -0.05) is 6.08 Å². The van der Waals surface area contributed by atoms with E-state index in [1.54, 1.807) is 19.3 Å². The third-order valence-corrected chi connectivity index (χ3v) is 2.94. The van der Waals surface area contributed by atoms with Gasteiger partial charge < -0.3 is 10.2 Å². The maximum absolute atomic E-state index is 11.9. The minimum atomic E-state index is 0.0338. The third-order valence-electron chi connectivity index (χ3n) is 2.94. The first-order valence-corrected chi connectivity index (χ1v) is 6.71. The summed E-state index contributed by atoms with van der Waals surface area (Å²) in [5.41, 5.74) is 1.47. The molecular weight excluding hydrogens is 266 g/mol. The van der Waals surface area contributed by atoms with E-state index in [-0.39, 0.29) is 12.2 Å². The highest BCUT2D eigenvalue weighted by Gasteiger charge is 2.07. The summed E-state index contributed by atoms with van der Waals surface area (Å²) in [5.74, 6) is 0.769. The van der Waals surface area contributed by atoms with Gasteiger partial charge in [0.05, 0.1) is 18.1 Å². The van der Waals surface area contributed by atoms with E-state index >= 15 is 0 Å². The lowest BCUT2D eigenvalue weighted by Gasteiger charge is -2.05. The quantitative estimate of drug-likeness (QED) is 0.807. The summed E-state index contributed by atoms with van der Waals surface area (Å²) in [7, 11) is 5.72. The van der Waals surface area contributed by atoms with Crippen LogP contribution in [-0.2, 0) is 11.2 Å². The third kappa shape index (κ3) is 4.06. The lowest BCUT2D eigenvalue weighted by Crippen LogP contribution is -2.11. The van der Waals surface area contributed by atoms with Crippen molar-refractivity contribution >= 4 is 22.5 Å². The Bertz CT molecular complexity index is 666. The van der Waals surface area contributed by atoms with E-state index in [0.29, 0.717) is 5.69 Å². The second kappa shape index (κ2) is 6.90. The molecule has 0 unspecified atom stereocenters. The van der Waals surface area contributed by atoms with Crippen molar-refractivity contribution in [2.24, 2.45) is 0 Å². The molecule has 21 heavy (non-hydrogen) atoms. The van der Waals surface area contributed by atoms with Crippen molar-refractivity contribution in [2.75, 3.05) is 33.0 Å². The first-order chi connectivity index (χ1) is 10.1. The molecule has 0 amide bonds. The zero-order chi connectivity index (χ0) is 15.2. The van der Waals surface area contributed by atoms with Crippen LogP contribution in [0.3, 0.4) is 0 Å². The van der Waals surface area contributed by atoms with Gasteiger partial charge in [-0.3, -0.25) is 9.78 Å². The molecule has 1 N–H and O–H groups in total. The number of ketones is 1. The molecule has 0 spiro atoms. The number of carbonyl (C=O) groups is 1. The zero-order valence-electron chi connectivity index (χ0n) is 12.5. The van der Waals surface area contributed by atoms with Crippen molar-refractivity contribution in [3.05, 3.63) is 36.4 Å². The number of hydrogen-bond donors (Lipinski definition) is 1. The highest BCUT2D eigenvalue weighted by atomic mass is 16.1. The molecule has 0 aliphatic rings. The van der Waals surface area contributed by atoms with Gasteiger partial charge in [-0.25, -0.2) is 9.97 Å². The summed E-state index contributed by atoms with van der Waals surface area (Å²) < 4.78 is 0. The van der Waals surface area contributed by atoms with E-state index in [9.17, 15) is 4.79 Å². The molecule has 0 fully saturated rings. The minimum absolute atomic E-state index is 0.0338. The fourth-order valence-electron chi connectivity index (χ4n) is 1.93. The molecule has 110 valence electrons. The number of fused-ring (bicyclic) bond motifs is 1. The van der Waals surface area contributed by atoms with Gasteiger partial charge in [0.1, 0.15) is 12.1 Å². The Morgan fingerprint density at radius 3 is 2.86 bits per heavy atom. The number of allylic oxidation sites excluding steroid dienone is 1. The van der Waals surface area contributed by atoms with Crippen LogP contribution in [0.4, 0.5) is 5.82 Å². The number of nitrogens with zero attached hydrogens (tertiary/aromatic N) is 4. The maximum Gasteiger partial charge on any atom is 0.161 e. The molecule has 2 rings (SSSR count). The standard InChI is InChI=1S/C15H19N5O/c1-16-15-13-8-11(17-9-14(13)18-10-19-15)7-12(21)5-4-6-20(2)3/h4-5,8-10H,6-7H2,1-3H3,(H,16,18,19)/b5-4+. The van der Waals surface area contributed by atoms with Crippen LogP contribution in [0.5, 0.6) is 0 Å². The van der Waals surface area contributed by atoms with Gasteiger partial charge in [0.2, 0.25) is 0 Å². The molecule has 0 aromatic carbocycles. The van der Waals surface area contributed by atoms with Crippen LogP contribution in [-0.4, -0.2) is 53.3 Å². The fourth-order valence-corrected chi connectivity index (χ4v) is 1.93. The van der Waals surface area contributed by atoms with Crippen molar-refractivity contribution in [3.8, 4) is 0 Å². The van der Waals surface area contributed by atoms with Crippen molar-refractivity contribution in [1.29, 1.82) is 0 Å². The fraction of sp³-hybridized carbons (Fsp3) is 0.333. The van der Waals surface area contributed by atoms with E-state index in [4.69, 9.17) is 0 Å². The van der Waals surface area contributed by atoms with Gasteiger partial charge in [0.15, 0.2) is 5.78 Å². The van der Waals surface area contributed by atoms with Crippen LogP contribution in [0.25, 0.3) is 10.9 Å². The van der Waals surface area contributed by atoms with Gasteiger partial charge in [-0.2, -0.15) is 0 Å². The average Bonchev–Trinajstić information content (AvgIpc) is 2.46. The first kappa shape index (κ1) is 15.1. The predicted molar refractivity (Wildman–Crippen MR) is 83.3 cm³/mol. The van der Waals surface area contributed by atoms with Crippen LogP contribution in [0, 0.1) is 0 Å². The summed E-state index contributed by atoms with van der Waals surface area (Å²) in [6.45, 7) is 0.745. The van der Waals surface area contributed by atoms with Gasteiger partial charge >= 0.3 is 0 Å². The summed E-state index contributed by atoms with van der Waals surface area (Å²) in [6.07, 6.45) is 6.89. The number of likely N-dealkylation sites (N-methyl/N-ethyl adjacent to an activating group) is 1. The number of anilines is 1. The summed E-state index contributed by atoms with van der Waals surface area (Å²) in [6, 6.07) is 1.86. The molecule has 0 saturated heterocycles. The zero-order valence-corrected chi connectivity index (χ0v) is 12.5. The lowest BCUT2D eigenvalue weighted by molar-refractivity contribution is -0.114. The van der Waals surface area contributed by atoms with Crippen molar-refractivity contribution in [2.45, 2.75) is 6.42 Å². The normalized spacial score (nSPS) is 11.4. The Balaban J connectivity index is 2.15. The van der Waals surface area contributed by atoms with E-state index in [1.807, 2.05) is 31.1 Å². The molecule has 0 aliphatic carbocycles. The molecule has 2 aromatic heterocycles. The highest BCUT2D eigenvalue weighted by molar-refractivity contribution is 5.93. The monoisotopic (exact) mass is 285 g/mol. The molecule has 0 bridgehead atoms. The number of nitrogens with one attached hydrogen (secondary N) is 1. The number of rotatable bonds is 6. The maximum atomic E-state index is 11.9. The largest absolute Gasteiger partial charge is 0.373 e. The smallest absolute Gasteiger partial charge is 0.161 e. The SMILES string of the molecule is CNc1ncnc2cnc(CC(=O)/C=C/CN(C)C)cc12. The molecule has 2 aromatic rings. The first-order valence-electron chi connectivity index (χ1n) is 6.71. The number of pyridine rings is 1. The van der Waals surface area contributed by atoms with Crippen LogP contribution < -0.4 is 5.32 Å². The van der Waals surface area contributed by atoms with E-state index in [0.717, 1.165) is 23.3 Å². The van der Waals surface area contributed by atoms with Crippen LogP contribution in [0.2, 0.25) is 0 Å². The van der Waals surface area contributed by atoms with Crippen LogP contribution in [0.15, 0.2) is 30.7 Å². The molecule has 0 atom stereocenters. The second-order valence-corrected chi connectivity index (χ2v) is 4.97. The molecule has 0 aliphatic heterocycles. The van der Waals surface area contributed by atoms with E-state index in [1.165, 1.54) is 6.33 Å². The Morgan fingerprint density at radius 1 is 1.33 bits per heavy atom. The number of hydrogen-bond acceptors (Lipinski definition) is 6. The topological polar surface area (TPSA) is 71.0 Å². The van der Waals surface area contributed by atoms with Crippen molar-refractivity contribution < 1.29 is 4.79 Å². The Hall–Kier alpha value is -2.34. The molecule has 0 radical (unpaired) electrons. The Kier molecular flexibility index (Phi) is 4.94. The molecule has 0 saturated carbocycles. The number of aromatic nitrogens is 3. The van der Waals surface area contributed by atoms with Crippen molar-refractivity contribution in [3.63, 3.8) is 0 Å². The molecule has 6 nitrogen and oxygen atoms in total. The summed E-state index contributed by atoms with van der Waals surface area (Å²) in [5, 5.41) is 3.88. The van der Waals surface area contributed by atoms with Gasteiger partial charge in [0.25, 0.3) is 0 Å². The van der Waals surface area contributed by atoms with E-state index in [2.05, 4.69) is 20.3 Å². The predicted octanol–water partition coefficient (Wildman–Crippen LogP) is 1.30. The molecule has 2 heterocycles. The van der Waals surface area contributed by atoms with Crippen LogP contribution in [0.1, 0.15) is 5.69 Å². The average molecular weight is 285 g/mol. The second-order valence-electron chi connectivity index (χ2n) is 4.97. The minimum Gasteiger partial charge on any atom is -0.373 e. The summed E-state index contributed by atoms with van der Waals surface area (Å²) >= 11 is 0. The Labute approximate surface area is 123 Å². The lowest BCUT2D eigenvalue weighted by atomic mass is 10.1. The van der Waals surface area contributed by atoms with Gasteiger partial charge in [-0.05, 0) is 26.2 Å². The highest BCUT2D eigenvalue weighted by Crippen LogP contribution is 2.18. The van der Waals surface area contributed by atoms with Gasteiger partial charge in [0, 0.05) is 24.7 Å². The van der Waals surface area contributed by atoms with Gasteiger partial charge in [-0.15, -0.1) is 0 Å². The molecule has 6 heteroatoms. The van der Waals surface area contributed by atoms with Crippen LogP contribution >= 0.6 is 0 Å². The van der Waals surface area contributed by atoms with E-state index < -0.39 is 0 Å². The molecular formula is C15H19N5O. The van der Waals surface area contributed by atoms with Crippen molar-refractivity contribution in [1.82, 2.24) is 19.9 Å².